The number of benzene rings is 1. The van der Waals surface area contributed by atoms with Gasteiger partial charge >= 0.3 is 6.09 Å². The van der Waals surface area contributed by atoms with Crippen molar-refractivity contribution in [3.8, 4) is 0 Å². The maximum absolute atomic E-state index is 11.7. The minimum atomic E-state index is -0.550. The quantitative estimate of drug-likeness (QED) is 0.674. The molecule has 1 N–H and O–H groups in total. The zero-order chi connectivity index (χ0) is 14.5. The number of hydrogen-bond acceptors (Lipinski definition) is 3. The van der Waals surface area contributed by atoms with Crippen LogP contribution in [0.4, 0.5) is 10.5 Å². The lowest BCUT2D eigenvalue weighted by molar-refractivity contribution is -0.104. The normalized spacial score (nSPS) is 11.4. The lowest BCUT2D eigenvalue weighted by atomic mass is 10.2. The predicted octanol–water partition coefficient (Wildman–Crippen LogP) is 4.01. The molecule has 1 amide bonds. The van der Waals surface area contributed by atoms with E-state index < -0.39 is 11.7 Å². The second kappa shape index (κ2) is 6.52. The number of amides is 1. The van der Waals surface area contributed by atoms with Gasteiger partial charge in [0.05, 0.1) is 5.69 Å². The molecule has 1 aromatic carbocycles. The molecule has 0 aliphatic heterocycles. The van der Waals surface area contributed by atoms with Crippen LogP contribution < -0.4 is 5.32 Å². The van der Waals surface area contributed by atoms with E-state index in [4.69, 9.17) is 4.74 Å². The van der Waals surface area contributed by atoms with Crippen LogP contribution in [0.5, 0.6) is 0 Å². The molecular weight excluding hydrogens is 310 g/mol. The van der Waals surface area contributed by atoms with Gasteiger partial charge in [0, 0.05) is 4.47 Å². The summed E-state index contributed by atoms with van der Waals surface area (Å²) in [5.41, 5.74) is 0.842. The Morgan fingerprint density at radius 1 is 1.37 bits per heavy atom. The van der Waals surface area contributed by atoms with Crippen LogP contribution in [-0.4, -0.2) is 18.0 Å². The fourth-order valence-electron chi connectivity index (χ4n) is 1.31. The van der Waals surface area contributed by atoms with Crippen molar-refractivity contribution in [3.05, 3.63) is 34.3 Å². The van der Waals surface area contributed by atoms with E-state index >= 15 is 0 Å². The highest BCUT2D eigenvalue weighted by molar-refractivity contribution is 9.10. The van der Waals surface area contributed by atoms with Crippen LogP contribution >= 0.6 is 15.9 Å². The zero-order valence-corrected chi connectivity index (χ0v) is 12.7. The third-order valence-electron chi connectivity index (χ3n) is 1.99. The van der Waals surface area contributed by atoms with Crippen LogP contribution in [0.25, 0.3) is 6.08 Å². The van der Waals surface area contributed by atoms with E-state index in [1.54, 1.807) is 39.0 Å². The molecule has 0 aromatic heterocycles. The maximum atomic E-state index is 11.7. The summed E-state index contributed by atoms with van der Waals surface area (Å²) >= 11 is 3.34. The van der Waals surface area contributed by atoms with Crippen LogP contribution in [0.2, 0.25) is 0 Å². The zero-order valence-electron chi connectivity index (χ0n) is 11.1. The highest BCUT2D eigenvalue weighted by atomic mass is 79.9. The minimum Gasteiger partial charge on any atom is -0.444 e. The van der Waals surface area contributed by atoms with E-state index in [9.17, 15) is 9.59 Å². The van der Waals surface area contributed by atoms with Crippen molar-refractivity contribution in [3.63, 3.8) is 0 Å². The van der Waals surface area contributed by atoms with Gasteiger partial charge in [-0.25, -0.2) is 4.79 Å². The van der Waals surface area contributed by atoms with Crippen LogP contribution in [-0.2, 0) is 9.53 Å². The SMILES string of the molecule is CC(C)(C)OC(=O)Nc1cc(/C=C/C=O)ccc1Br. The number of carbonyl (C=O) groups excluding carboxylic acids is 2. The molecule has 0 spiro atoms. The van der Waals surface area contributed by atoms with Crippen molar-refractivity contribution in [1.82, 2.24) is 0 Å². The Morgan fingerprint density at radius 3 is 2.63 bits per heavy atom. The molecule has 5 heteroatoms. The summed E-state index contributed by atoms with van der Waals surface area (Å²) < 4.78 is 5.91. The van der Waals surface area contributed by atoms with Gasteiger partial charge in [-0.05, 0) is 60.5 Å². The molecule has 0 heterocycles. The summed E-state index contributed by atoms with van der Waals surface area (Å²) in [5, 5.41) is 2.65. The first kappa shape index (κ1) is 15.4. The summed E-state index contributed by atoms with van der Waals surface area (Å²) in [6, 6.07) is 5.36. The first-order chi connectivity index (χ1) is 8.81. The molecule has 1 aromatic rings. The Labute approximate surface area is 121 Å². The molecule has 0 bridgehead atoms. The Morgan fingerprint density at radius 2 is 2.05 bits per heavy atom. The number of allylic oxidation sites excluding steroid dienone is 1. The number of carbonyl (C=O) groups is 2. The van der Waals surface area contributed by atoms with Gasteiger partial charge in [-0.3, -0.25) is 10.1 Å². The van der Waals surface area contributed by atoms with Gasteiger partial charge in [-0.1, -0.05) is 12.1 Å². The van der Waals surface area contributed by atoms with Crippen LogP contribution in [0.1, 0.15) is 26.3 Å². The van der Waals surface area contributed by atoms with Gasteiger partial charge in [0.2, 0.25) is 0 Å². The lowest BCUT2D eigenvalue weighted by Gasteiger charge is -2.20. The Balaban J connectivity index is 2.85. The molecule has 4 nitrogen and oxygen atoms in total. The van der Waals surface area contributed by atoms with Crippen molar-refractivity contribution in [2.24, 2.45) is 0 Å². The summed E-state index contributed by atoms with van der Waals surface area (Å²) in [5.74, 6) is 0. The van der Waals surface area contributed by atoms with Crippen LogP contribution in [0, 0.1) is 0 Å². The molecule has 0 atom stereocenters. The van der Waals surface area contributed by atoms with Crippen LogP contribution in [0.3, 0.4) is 0 Å². The summed E-state index contributed by atoms with van der Waals surface area (Å²) in [7, 11) is 0. The molecule has 19 heavy (non-hydrogen) atoms. The van der Waals surface area contributed by atoms with Crippen molar-refractivity contribution in [2.45, 2.75) is 26.4 Å². The van der Waals surface area contributed by atoms with Crippen molar-refractivity contribution in [1.29, 1.82) is 0 Å². The summed E-state index contributed by atoms with van der Waals surface area (Å²) in [6.45, 7) is 5.39. The Kier molecular flexibility index (Phi) is 5.30. The van der Waals surface area contributed by atoms with Gasteiger partial charge in [0.15, 0.2) is 0 Å². The molecule has 0 aliphatic rings. The van der Waals surface area contributed by atoms with Crippen molar-refractivity contribution < 1.29 is 14.3 Å². The highest BCUT2D eigenvalue weighted by Gasteiger charge is 2.16. The topological polar surface area (TPSA) is 55.4 Å². The monoisotopic (exact) mass is 325 g/mol. The molecule has 0 saturated heterocycles. The Bertz CT molecular complexity index is 504. The predicted molar refractivity (Wildman–Crippen MR) is 79.1 cm³/mol. The van der Waals surface area contributed by atoms with E-state index in [0.29, 0.717) is 12.0 Å². The molecule has 0 saturated carbocycles. The maximum Gasteiger partial charge on any atom is 0.412 e. The van der Waals surface area contributed by atoms with Gasteiger partial charge in [0.1, 0.15) is 11.9 Å². The van der Waals surface area contributed by atoms with Gasteiger partial charge in [-0.2, -0.15) is 0 Å². The fraction of sp³-hybridized carbons (Fsp3) is 0.286. The number of ether oxygens (including phenoxy) is 1. The number of aldehydes is 1. The number of anilines is 1. The third kappa shape index (κ3) is 5.70. The first-order valence-electron chi connectivity index (χ1n) is 5.73. The lowest BCUT2D eigenvalue weighted by Crippen LogP contribution is -2.27. The molecule has 1 rings (SSSR count). The van der Waals surface area contributed by atoms with E-state index in [-0.39, 0.29) is 0 Å². The van der Waals surface area contributed by atoms with Gasteiger partial charge in [-0.15, -0.1) is 0 Å². The first-order valence-corrected chi connectivity index (χ1v) is 6.52. The molecule has 102 valence electrons. The number of halogens is 1. The van der Waals surface area contributed by atoms with E-state index in [1.165, 1.54) is 6.08 Å². The summed E-state index contributed by atoms with van der Waals surface area (Å²) in [6.07, 6.45) is 3.22. The summed E-state index contributed by atoms with van der Waals surface area (Å²) in [4.78, 5) is 22.0. The smallest absolute Gasteiger partial charge is 0.412 e. The van der Waals surface area contributed by atoms with E-state index in [1.807, 2.05) is 6.07 Å². The molecule has 0 radical (unpaired) electrons. The van der Waals surface area contributed by atoms with Crippen molar-refractivity contribution in [2.75, 3.05) is 5.32 Å². The fourth-order valence-corrected chi connectivity index (χ4v) is 1.65. The average Bonchev–Trinajstić information content (AvgIpc) is 2.27. The van der Waals surface area contributed by atoms with Crippen molar-refractivity contribution >= 4 is 40.1 Å². The standard InChI is InChI=1S/C14H16BrNO3/c1-14(2,3)19-13(18)16-12-9-10(5-4-8-17)6-7-11(12)15/h4-9H,1-3H3,(H,16,18)/b5-4+. The van der Waals surface area contributed by atoms with Gasteiger partial charge in [0.25, 0.3) is 0 Å². The molecular formula is C14H16BrNO3. The largest absolute Gasteiger partial charge is 0.444 e. The second-order valence-corrected chi connectivity index (χ2v) is 5.72. The second-order valence-electron chi connectivity index (χ2n) is 4.86. The van der Waals surface area contributed by atoms with E-state index in [2.05, 4.69) is 21.2 Å². The van der Waals surface area contributed by atoms with Gasteiger partial charge < -0.3 is 4.74 Å². The third-order valence-corrected chi connectivity index (χ3v) is 2.68. The molecule has 0 fully saturated rings. The number of rotatable bonds is 3. The Hall–Kier alpha value is -1.62. The highest BCUT2D eigenvalue weighted by Crippen LogP contribution is 2.25. The molecule has 0 aliphatic carbocycles. The number of hydrogen-bond donors (Lipinski definition) is 1. The minimum absolute atomic E-state index is 0.523. The number of nitrogens with one attached hydrogen (secondary N) is 1. The van der Waals surface area contributed by atoms with Crippen LogP contribution in [0.15, 0.2) is 28.7 Å². The van der Waals surface area contributed by atoms with E-state index in [0.717, 1.165) is 10.0 Å². The average molecular weight is 326 g/mol. The molecule has 0 unspecified atom stereocenters.